The average Bonchev–Trinajstić information content (AvgIpc) is 3.02. The minimum atomic E-state index is -0.987. The van der Waals surface area contributed by atoms with Gasteiger partial charge in [0.25, 0.3) is 11.8 Å². The summed E-state index contributed by atoms with van der Waals surface area (Å²) in [6.45, 7) is 2.04. The standard InChI is InChI=1S/C16H19N3O2/c1-2-12-5-7-13(8-6-12)14(20)18-19-15(21)16(11-17)9-3-4-10-16/h5-8H,2-4,9-10H2,1H3,(H,18,20)(H,19,21). The van der Waals surface area contributed by atoms with Gasteiger partial charge in [-0.3, -0.25) is 20.4 Å². The molecular weight excluding hydrogens is 266 g/mol. The molecule has 0 saturated heterocycles. The number of aryl methyl sites for hydroxylation is 1. The zero-order chi connectivity index (χ0) is 15.3. The fraction of sp³-hybridized carbons (Fsp3) is 0.438. The SMILES string of the molecule is CCc1ccc(C(=O)NNC(=O)C2(C#N)CCCC2)cc1. The van der Waals surface area contributed by atoms with Gasteiger partial charge in [0, 0.05) is 5.56 Å². The van der Waals surface area contributed by atoms with Crippen LogP contribution in [0.4, 0.5) is 0 Å². The summed E-state index contributed by atoms with van der Waals surface area (Å²) >= 11 is 0. The quantitative estimate of drug-likeness (QED) is 0.834. The molecule has 1 aromatic carbocycles. The lowest BCUT2D eigenvalue weighted by molar-refractivity contribution is -0.128. The van der Waals surface area contributed by atoms with Crippen molar-refractivity contribution in [3.8, 4) is 6.07 Å². The molecule has 1 saturated carbocycles. The molecule has 110 valence electrons. The lowest BCUT2D eigenvalue weighted by atomic mass is 9.87. The summed E-state index contributed by atoms with van der Waals surface area (Å²) in [6, 6.07) is 9.29. The number of hydrogen-bond donors (Lipinski definition) is 2. The first kappa shape index (κ1) is 15.0. The Balaban J connectivity index is 1.94. The van der Waals surface area contributed by atoms with Crippen LogP contribution in [0.5, 0.6) is 0 Å². The van der Waals surface area contributed by atoms with Crippen LogP contribution in [0.15, 0.2) is 24.3 Å². The first-order valence-electron chi connectivity index (χ1n) is 7.22. The summed E-state index contributed by atoms with van der Waals surface area (Å²) in [7, 11) is 0. The molecule has 0 bridgehead atoms. The molecule has 0 atom stereocenters. The van der Waals surface area contributed by atoms with Crippen molar-refractivity contribution in [2.45, 2.75) is 39.0 Å². The van der Waals surface area contributed by atoms with Gasteiger partial charge in [0.1, 0.15) is 5.41 Å². The summed E-state index contributed by atoms with van der Waals surface area (Å²) in [5.74, 6) is -0.793. The van der Waals surface area contributed by atoms with E-state index in [0.29, 0.717) is 18.4 Å². The molecule has 2 amide bonds. The van der Waals surface area contributed by atoms with E-state index in [0.717, 1.165) is 24.8 Å². The molecule has 0 unspecified atom stereocenters. The summed E-state index contributed by atoms with van der Waals surface area (Å²) in [6.07, 6.45) is 3.75. The number of hydrazine groups is 1. The van der Waals surface area contributed by atoms with Crippen LogP contribution in [-0.4, -0.2) is 11.8 Å². The number of carbonyl (C=O) groups excluding carboxylic acids is 2. The van der Waals surface area contributed by atoms with Crippen molar-refractivity contribution in [3.05, 3.63) is 35.4 Å². The van der Waals surface area contributed by atoms with E-state index in [1.54, 1.807) is 12.1 Å². The molecule has 5 heteroatoms. The minimum Gasteiger partial charge on any atom is -0.271 e. The molecule has 0 aliphatic heterocycles. The van der Waals surface area contributed by atoms with Gasteiger partial charge in [-0.2, -0.15) is 5.26 Å². The van der Waals surface area contributed by atoms with Crippen LogP contribution in [0.2, 0.25) is 0 Å². The van der Waals surface area contributed by atoms with Crippen LogP contribution in [0.25, 0.3) is 0 Å². The predicted octanol–water partition coefficient (Wildman–Crippen LogP) is 2.09. The summed E-state index contributed by atoms with van der Waals surface area (Å²) in [5, 5.41) is 9.20. The smallest absolute Gasteiger partial charge is 0.269 e. The molecular formula is C16H19N3O2. The van der Waals surface area contributed by atoms with Crippen molar-refractivity contribution in [2.75, 3.05) is 0 Å². The fourth-order valence-electron chi connectivity index (χ4n) is 2.57. The molecule has 0 heterocycles. The maximum Gasteiger partial charge on any atom is 0.269 e. The number of amides is 2. The molecule has 0 aromatic heterocycles. The highest BCUT2D eigenvalue weighted by Crippen LogP contribution is 2.37. The Morgan fingerprint density at radius 2 is 1.81 bits per heavy atom. The third-order valence-electron chi connectivity index (χ3n) is 4.02. The van der Waals surface area contributed by atoms with Gasteiger partial charge < -0.3 is 0 Å². The molecule has 2 N–H and O–H groups in total. The van der Waals surface area contributed by atoms with Gasteiger partial charge in [0.15, 0.2) is 0 Å². The van der Waals surface area contributed by atoms with Crippen LogP contribution in [0.1, 0.15) is 48.5 Å². The topological polar surface area (TPSA) is 82.0 Å². The zero-order valence-electron chi connectivity index (χ0n) is 12.1. The molecule has 1 fully saturated rings. The van der Waals surface area contributed by atoms with Crippen molar-refractivity contribution in [2.24, 2.45) is 5.41 Å². The Morgan fingerprint density at radius 3 is 2.33 bits per heavy atom. The zero-order valence-corrected chi connectivity index (χ0v) is 12.1. The third kappa shape index (κ3) is 3.22. The molecule has 0 radical (unpaired) electrons. The van der Waals surface area contributed by atoms with Gasteiger partial charge in [-0.05, 0) is 37.0 Å². The van der Waals surface area contributed by atoms with E-state index >= 15 is 0 Å². The Labute approximate surface area is 124 Å². The largest absolute Gasteiger partial charge is 0.271 e. The number of nitrogens with zero attached hydrogens (tertiary/aromatic N) is 1. The molecule has 1 aromatic rings. The summed E-state index contributed by atoms with van der Waals surface area (Å²) < 4.78 is 0. The minimum absolute atomic E-state index is 0.378. The van der Waals surface area contributed by atoms with E-state index < -0.39 is 11.3 Å². The molecule has 0 spiro atoms. The van der Waals surface area contributed by atoms with Crippen LogP contribution in [0.3, 0.4) is 0 Å². The second kappa shape index (κ2) is 6.40. The van der Waals surface area contributed by atoms with Crippen molar-refractivity contribution in [1.29, 1.82) is 5.26 Å². The van der Waals surface area contributed by atoms with Gasteiger partial charge in [-0.1, -0.05) is 31.9 Å². The van der Waals surface area contributed by atoms with Crippen LogP contribution >= 0.6 is 0 Å². The maximum absolute atomic E-state index is 12.1. The Bertz CT molecular complexity index is 566. The Morgan fingerprint density at radius 1 is 1.19 bits per heavy atom. The van der Waals surface area contributed by atoms with Gasteiger partial charge in [-0.25, -0.2) is 0 Å². The van der Waals surface area contributed by atoms with Gasteiger partial charge in [0.2, 0.25) is 0 Å². The summed E-state index contributed by atoms with van der Waals surface area (Å²) in [4.78, 5) is 24.0. The fourth-order valence-corrected chi connectivity index (χ4v) is 2.57. The second-order valence-electron chi connectivity index (χ2n) is 5.36. The number of rotatable bonds is 3. The third-order valence-corrected chi connectivity index (χ3v) is 4.02. The van der Waals surface area contributed by atoms with E-state index in [1.807, 2.05) is 19.1 Å². The molecule has 2 rings (SSSR count). The monoisotopic (exact) mass is 285 g/mol. The van der Waals surface area contributed by atoms with Crippen LogP contribution in [0, 0.1) is 16.7 Å². The maximum atomic E-state index is 12.1. The van der Waals surface area contributed by atoms with Gasteiger partial charge >= 0.3 is 0 Å². The molecule has 1 aliphatic carbocycles. The van der Waals surface area contributed by atoms with Gasteiger partial charge in [0.05, 0.1) is 6.07 Å². The highest BCUT2D eigenvalue weighted by molar-refractivity contribution is 5.96. The lowest BCUT2D eigenvalue weighted by Gasteiger charge is -2.19. The highest BCUT2D eigenvalue weighted by Gasteiger charge is 2.41. The van der Waals surface area contributed by atoms with E-state index in [-0.39, 0.29) is 5.91 Å². The lowest BCUT2D eigenvalue weighted by Crippen LogP contribution is -2.48. The number of nitriles is 1. The van der Waals surface area contributed by atoms with E-state index in [1.165, 1.54) is 0 Å². The second-order valence-corrected chi connectivity index (χ2v) is 5.36. The summed E-state index contributed by atoms with van der Waals surface area (Å²) in [5.41, 5.74) is 5.40. The van der Waals surface area contributed by atoms with E-state index in [9.17, 15) is 14.9 Å². The first-order valence-corrected chi connectivity index (χ1v) is 7.22. The van der Waals surface area contributed by atoms with Crippen molar-refractivity contribution >= 4 is 11.8 Å². The number of carbonyl (C=O) groups is 2. The highest BCUT2D eigenvalue weighted by atomic mass is 16.2. The number of nitrogens with one attached hydrogen (secondary N) is 2. The Hall–Kier alpha value is -2.35. The van der Waals surface area contributed by atoms with Crippen molar-refractivity contribution in [1.82, 2.24) is 10.9 Å². The van der Waals surface area contributed by atoms with Crippen LogP contribution in [-0.2, 0) is 11.2 Å². The predicted molar refractivity (Wildman–Crippen MR) is 77.9 cm³/mol. The average molecular weight is 285 g/mol. The number of hydrogen-bond acceptors (Lipinski definition) is 3. The first-order chi connectivity index (χ1) is 10.1. The Kier molecular flexibility index (Phi) is 4.59. The van der Waals surface area contributed by atoms with E-state index in [4.69, 9.17) is 0 Å². The van der Waals surface area contributed by atoms with Crippen LogP contribution < -0.4 is 10.9 Å². The van der Waals surface area contributed by atoms with E-state index in [2.05, 4.69) is 16.9 Å². The molecule has 5 nitrogen and oxygen atoms in total. The normalized spacial score (nSPS) is 16.0. The molecule has 1 aliphatic rings. The van der Waals surface area contributed by atoms with Crippen molar-refractivity contribution < 1.29 is 9.59 Å². The van der Waals surface area contributed by atoms with Gasteiger partial charge in [-0.15, -0.1) is 0 Å². The van der Waals surface area contributed by atoms with Crippen molar-refractivity contribution in [3.63, 3.8) is 0 Å². The molecule has 21 heavy (non-hydrogen) atoms. The number of benzene rings is 1.